The zero-order chi connectivity index (χ0) is 15.2. The lowest BCUT2D eigenvalue weighted by Gasteiger charge is -2.26. The van der Waals surface area contributed by atoms with Gasteiger partial charge in [0.1, 0.15) is 0 Å². The molecular weight excluding hydrogens is 263 g/mol. The molecule has 1 aromatic rings. The molecule has 0 fully saturated rings. The van der Waals surface area contributed by atoms with Crippen LogP contribution in [0, 0.1) is 0 Å². The number of halogens is 3. The van der Waals surface area contributed by atoms with Crippen LogP contribution >= 0.6 is 0 Å². The maximum absolute atomic E-state index is 12.8. The lowest BCUT2D eigenvalue weighted by Crippen LogP contribution is -2.34. The van der Waals surface area contributed by atoms with Crippen molar-refractivity contribution in [2.45, 2.75) is 58.2 Å². The molecule has 1 aromatic carbocycles. The number of nitrogens with one attached hydrogen (secondary N) is 1. The third-order valence-corrected chi connectivity index (χ3v) is 3.60. The Morgan fingerprint density at radius 3 is 2.40 bits per heavy atom. The van der Waals surface area contributed by atoms with E-state index in [1.807, 2.05) is 6.92 Å². The third-order valence-electron chi connectivity index (χ3n) is 3.60. The van der Waals surface area contributed by atoms with Gasteiger partial charge in [-0.15, -0.1) is 0 Å². The molecule has 1 N–H and O–H groups in total. The van der Waals surface area contributed by atoms with Crippen molar-refractivity contribution in [1.29, 1.82) is 0 Å². The standard InChI is InChI=1S/C16H24F3N/c1-4-7-15(20-10-5-2)12(3)13-8-6-9-14(11-13)16(17,18)19/h6,8-9,11-12,15,20H,4-5,7,10H2,1-3H3. The van der Waals surface area contributed by atoms with E-state index in [4.69, 9.17) is 0 Å². The van der Waals surface area contributed by atoms with E-state index in [1.54, 1.807) is 6.07 Å². The first kappa shape index (κ1) is 17.0. The van der Waals surface area contributed by atoms with Gasteiger partial charge in [0.2, 0.25) is 0 Å². The largest absolute Gasteiger partial charge is 0.416 e. The maximum atomic E-state index is 12.8. The summed E-state index contributed by atoms with van der Waals surface area (Å²) >= 11 is 0. The zero-order valence-corrected chi connectivity index (χ0v) is 12.4. The molecule has 1 nitrogen and oxygen atoms in total. The second kappa shape index (κ2) is 7.67. The molecule has 0 amide bonds. The van der Waals surface area contributed by atoms with Crippen LogP contribution in [-0.4, -0.2) is 12.6 Å². The smallest absolute Gasteiger partial charge is 0.313 e. The fourth-order valence-corrected chi connectivity index (χ4v) is 2.40. The summed E-state index contributed by atoms with van der Waals surface area (Å²) in [7, 11) is 0. The highest BCUT2D eigenvalue weighted by Gasteiger charge is 2.31. The van der Waals surface area contributed by atoms with E-state index in [1.165, 1.54) is 12.1 Å². The molecule has 0 radical (unpaired) electrons. The van der Waals surface area contributed by atoms with Crippen LogP contribution in [0.4, 0.5) is 13.2 Å². The molecule has 20 heavy (non-hydrogen) atoms. The third kappa shape index (κ3) is 4.82. The molecule has 0 bridgehead atoms. The Balaban J connectivity index is 2.90. The predicted molar refractivity (Wildman–Crippen MR) is 76.8 cm³/mol. The number of hydrogen-bond acceptors (Lipinski definition) is 1. The summed E-state index contributed by atoms with van der Waals surface area (Å²) in [5, 5.41) is 3.45. The van der Waals surface area contributed by atoms with Gasteiger partial charge in [-0.1, -0.05) is 45.4 Å². The summed E-state index contributed by atoms with van der Waals surface area (Å²) in [4.78, 5) is 0. The van der Waals surface area contributed by atoms with Gasteiger partial charge in [0.15, 0.2) is 0 Å². The number of hydrogen-bond donors (Lipinski definition) is 1. The number of alkyl halides is 3. The van der Waals surface area contributed by atoms with E-state index >= 15 is 0 Å². The molecule has 1 rings (SSSR count). The van der Waals surface area contributed by atoms with Gasteiger partial charge in [-0.05, 0) is 36.9 Å². The van der Waals surface area contributed by atoms with Crippen LogP contribution in [0.15, 0.2) is 24.3 Å². The molecule has 114 valence electrons. The minimum atomic E-state index is -4.27. The Labute approximate surface area is 119 Å². The normalized spacial score (nSPS) is 15.1. The summed E-state index contributed by atoms with van der Waals surface area (Å²) in [5.74, 6) is 0.0730. The van der Waals surface area contributed by atoms with Crippen LogP contribution in [0.1, 0.15) is 57.1 Å². The maximum Gasteiger partial charge on any atom is 0.416 e. The van der Waals surface area contributed by atoms with Crippen LogP contribution in [0.3, 0.4) is 0 Å². The van der Waals surface area contributed by atoms with Gasteiger partial charge < -0.3 is 5.32 Å². The van der Waals surface area contributed by atoms with Crippen molar-refractivity contribution in [1.82, 2.24) is 5.32 Å². The van der Waals surface area contributed by atoms with Crippen LogP contribution in [0.5, 0.6) is 0 Å². The van der Waals surface area contributed by atoms with E-state index in [-0.39, 0.29) is 12.0 Å². The topological polar surface area (TPSA) is 12.0 Å². The van der Waals surface area contributed by atoms with Gasteiger partial charge >= 0.3 is 6.18 Å². The van der Waals surface area contributed by atoms with Gasteiger partial charge in [-0.2, -0.15) is 13.2 Å². The van der Waals surface area contributed by atoms with Gasteiger partial charge in [0.25, 0.3) is 0 Å². The van der Waals surface area contributed by atoms with Crippen molar-refractivity contribution in [2.24, 2.45) is 0 Å². The number of rotatable bonds is 7. The van der Waals surface area contributed by atoms with Crippen LogP contribution in [0.2, 0.25) is 0 Å². The SMILES string of the molecule is CCCNC(CCC)C(C)c1cccc(C(F)(F)F)c1. The molecule has 0 aliphatic carbocycles. The summed E-state index contributed by atoms with van der Waals surface area (Å²) in [6.45, 7) is 7.08. The summed E-state index contributed by atoms with van der Waals surface area (Å²) in [6.07, 6.45) is -1.26. The first-order valence-corrected chi connectivity index (χ1v) is 7.30. The lowest BCUT2D eigenvalue weighted by atomic mass is 9.89. The van der Waals surface area contributed by atoms with Crippen molar-refractivity contribution >= 4 is 0 Å². The fraction of sp³-hybridized carbons (Fsp3) is 0.625. The highest BCUT2D eigenvalue weighted by molar-refractivity contribution is 5.29. The lowest BCUT2D eigenvalue weighted by molar-refractivity contribution is -0.137. The van der Waals surface area contributed by atoms with Crippen molar-refractivity contribution < 1.29 is 13.2 Å². The average molecular weight is 287 g/mol. The molecule has 0 aromatic heterocycles. The van der Waals surface area contributed by atoms with E-state index in [0.29, 0.717) is 0 Å². The molecular formula is C16H24F3N. The van der Waals surface area contributed by atoms with Crippen molar-refractivity contribution in [3.8, 4) is 0 Å². The number of benzene rings is 1. The Hall–Kier alpha value is -1.03. The van der Waals surface area contributed by atoms with Crippen LogP contribution < -0.4 is 5.32 Å². The van der Waals surface area contributed by atoms with E-state index in [2.05, 4.69) is 19.2 Å². The summed E-state index contributed by atoms with van der Waals surface area (Å²) in [5.41, 5.74) is 0.189. The second-order valence-electron chi connectivity index (χ2n) is 5.26. The molecule has 4 heteroatoms. The quantitative estimate of drug-likeness (QED) is 0.746. The average Bonchev–Trinajstić information content (AvgIpc) is 2.42. The summed E-state index contributed by atoms with van der Waals surface area (Å²) in [6, 6.07) is 5.92. The van der Waals surface area contributed by atoms with Gasteiger partial charge in [-0.3, -0.25) is 0 Å². The molecule has 0 spiro atoms. The first-order chi connectivity index (χ1) is 9.40. The van der Waals surface area contributed by atoms with Gasteiger partial charge in [-0.25, -0.2) is 0 Å². The fourth-order valence-electron chi connectivity index (χ4n) is 2.40. The molecule has 0 aliphatic rings. The molecule has 0 saturated heterocycles. The molecule has 2 atom stereocenters. The Kier molecular flexibility index (Phi) is 6.53. The predicted octanol–water partition coefficient (Wildman–Crippen LogP) is 4.98. The minimum Gasteiger partial charge on any atom is -0.313 e. The Bertz CT molecular complexity index is 401. The van der Waals surface area contributed by atoms with Gasteiger partial charge in [0, 0.05) is 6.04 Å². The van der Waals surface area contributed by atoms with Crippen molar-refractivity contribution in [3.05, 3.63) is 35.4 Å². The van der Waals surface area contributed by atoms with Crippen LogP contribution in [0.25, 0.3) is 0 Å². The van der Waals surface area contributed by atoms with E-state index in [9.17, 15) is 13.2 Å². The molecule has 0 saturated carbocycles. The molecule has 2 unspecified atom stereocenters. The Morgan fingerprint density at radius 2 is 1.85 bits per heavy atom. The minimum absolute atomic E-state index is 0.0730. The van der Waals surface area contributed by atoms with Crippen molar-refractivity contribution in [2.75, 3.05) is 6.54 Å². The van der Waals surface area contributed by atoms with E-state index < -0.39 is 11.7 Å². The van der Waals surface area contributed by atoms with Gasteiger partial charge in [0.05, 0.1) is 5.56 Å². The Morgan fingerprint density at radius 1 is 1.15 bits per heavy atom. The second-order valence-corrected chi connectivity index (χ2v) is 5.26. The van der Waals surface area contributed by atoms with Crippen molar-refractivity contribution in [3.63, 3.8) is 0 Å². The van der Waals surface area contributed by atoms with Crippen LogP contribution in [-0.2, 0) is 6.18 Å². The highest BCUT2D eigenvalue weighted by atomic mass is 19.4. The molecule has 0 heterocycles. The first-order valence-electron chi connectivity index (χ1n) is 7.30. The highest BCUT2D eigenvalue weighted by Crippen LogP contribution is 2.32. The molecule has 0 aliphatic heterocycles. The van der Waals surface area contributed by atoms with E-state index in [0.717, 1.165) is 37.4 Å². The monoisotopic (exact) mass is 287 g/mol. The zero-order valence-electron chi connectivity index (χ0n) is 12.4. The summed E-state index contributed by atoms with van der Waals surface area (Å²) < 4.78 is 38.3.